The Morgan fingerprint density at radius 1 is 0.554 bits per heavy atom. The molecule has 14 heteroatoms. The van der Waals surface area contributed by atoms with Gasteiger partial charge in [-0.2, -0.15) is 0 Å². The second kappa shape index (κ2) is 24.1. The third-order valence-corrected chi connectivity index (χ3v) is 7.88. The van der Waals surface area contributed by atoms with E-state index in [1.165, 1.54) is 27.9 Å². The van der Waals surface area contributed by atoms with E-state index in [4.69, 9.17) is 14.6 Å². The summed E-state index contributed by atoms with van der Waals surface area (Å²) >= 11 is 0. The molecule has 14 nitrogen and oxygen atoms in total. The van der Waals surface area contributed by atoms with Gasteiger partial charge in [0, 0.05) is 25.3 Å². The van der Waals surface area contributed by atoms with Crippen LogP contribution in [0.5, 0.6) is 0 Å². The minimum absolute atomic E-state index is 0.0788. The van der Waals surface area contributed by atoms with Crippen LogP contribution in [0, 0.1) is 0 Å². The van der Waals surface area contributed by atoms with Crippen LogP contribution < -0.4 is 21.7 Å². The maximum Gasteiger partial charge on any atom is 0.343 e. The number of ether oxygens (including phenoxy) is 3. The van der Waals surface area contributed by atoms with Crippen LogP contribution in [0.15, 0.2) is 109 Å². The van der Waals surface area contributed by atoms with Crippen LogP contribution in [-0.4, -0.2) is 93.3 Å². The standard InChI is InChI=1S/C21H23NO5.C19H20N2O4.CH5N.CH4O/c1-4-26-19(24)21(3,20(25)27-5-2)22-18(23)17-13-11-16(12-14-17)15-9-7-6-8-10-15;1-19(17(23)20-2,18(24)25-3)21-16(22)15-11-9-14(10-12-15)13-7-5-4-6-8-13;2*1-2/h6-14H,4-5H2,1-3H3,(H,22,23);4-12H,1-3H3,(H,20,23)(H,21,22);2H2,1H3;2H,1H3. The molecule has 1 unspecified atom stereocenters. The van der Waals surface area contributed by atoms with Crippen LogP contribution in [0.2, 0.25) is 0 Å². The number of benzene rings is 4. The number of carbonyl (C=O) groups is 6. The molecule has 0 aliphatic heterocycles. The van der Waals surface area contributed by atoms with Crippen LogP contribution in [0.1, 0.15) is 48.4 Å². The lowest BCUT2D eigenvalue weighted by atomic mass is 9.99. The summed E-state index contributed by atoms with van der Waals surface area (Å²) in [5.41, 5.74) is 5.38. The van der Waals surface area contributed by atoms with Gasteiger partial charge in [0.1, 0.15) is 0 Å². The van der Waals surface area contributed by atoms with Gasteiger partial charge in [-0.3, -0.25) is 14.4 Å². The van der Waals surface area contributed by atoms with Crippen molar-refractivity contribution in [2.24, 2.45) is 5.73 Å². The Labute approximate surface area is 327 Å². The van der Waals surface area contributed by atoms with E-state index >= 15 is 0 Å². The Morgan fingerprint density at radius 2 is 0.875 bits per heavy atom. The van der Waals surface area contributed by atoms with Crippen LogP contribution in [0.4, 0.5) is 0 Å². The topological polar surface area (TPSA) is 212 Å². The minimum atomic E-state index is -1.92. The van der Waals surface area contributed by atoms with Gasteiger partial charge >= 0.3 is 17.9 Å². The van der Waals surface area contributed by atoms with Gasteiger partial charge in [0.2, 0.25) is 11.1 Å². The van der Waals surface area contributed by atoms with E-state index in [-0.39, 0.29) is 13.2 Å². The number of likely N-dealkylation sites (N-methyl/N-ethyl adjacent to an activating group) is 1. The fourth-order valence-electron chi connectivity index (χ4n) is 4.88. The highest BCUT2D eigenvalue weighted by Gasteiger charge is 2.46. The zero-order valence-corrected chi connectivity index (χ0v) is 33.0. The van der Waals surface area contributed by atoms with E-state index in [0.717, 1.165) is 36.5 Å². The first-order valence-corrected chi connectivity index (χ1v) is 17.5. The molecule has 56 heavy (non-hydrogen) atoms. The second-order valence-corrected chi connectivity index (χ2v) is 11.6. The monoisotopic (exact) mass is 772 g/mol. The first-order chi connectivity index (χ1) is 26.8. The van der Waals surface area contributed by atoms with Crippen molar-refractivity contribution in [3.8, 4) is 22.3 Å². The molecular weight excluding hydrogens is 720 g/mol. The highest BCUT2D eigenvalue weighted by Crippen LogP contribution is 2.21. The number of esters is 3. The number of rotatable bonds is 12. The van der Waals surface area contributed by atoms with Crippen LogP contribution in [0.25, 0.3) is 22.3 Å². The Hall–Kier alpha value is -6.38. The summed E-state index contributed by atoms with van der Waals surface area (Å²) in [5, 5.41) is 14.2. The van der Waals surface area contributed by atoms with E-state index in [1.54, 1.807) is 62.4 Å². The van der Waals surface area contributed by atoms with Crippen molar-refractivity contribution in [2.75, 3.05) is 41.5 Å². The molecule has 0 bridgehead atoms. The Bertz CT molecular complexity index is 1820. The van der Waals surface area contributed by atoms with Gasteiger partial charge in [-0.25, -0.2) is 14.4 Å². The molecular formula is C42H52N4O10. The number of nitrogens with one attached hydrogen (secondary N) is 3. The average molecular weight is 773 g/mol. The predicted molar refractivity (Wildman–Crippen MR) is 213 cm³/mol. The van der Waals surface area contributed by atoms with Crippen LogP contribution in [-0.2, 0) is 33.4 Å². The number of hydrogen-bond donors (Lipinski definition) is 5. The van der Waals surface area contributed by atoms with Crippen molar-refractivity contribution in [3.63, 3.8) is 0 Å². The largest absolute Gasteiger partial charge is 0.467 e. The fraction of sp³-hybridized carbons (Fsp3) is 0.286. The first kappa shape index (κ1) is 47.6. The highest BCUT2D eigenvalue weighted by molar-refractivity contribution is 6.12. The van der Waals surface area contributed by atoms with Gasteiger partial charge in [0.25, 0.3) is 17.7 Å². The van der Waals surface area contributed by atoms with E-state index in [2.05, 4.69) is 26.4 Å². The molecule has 0 saturated heterocycles. The van der Waals surface area contributed by atoms with E-state index < -0.39 is 46.7 Å². The molecule has 0 aromatic heterocycles. The molecule has 4 aromatic carbocycles. The van der Waals surface area contributed by atoms with Crippen molar-refractivity contribution < 1.29 is 48.1 Å². The molecule has 4 aromatic rings. The normalized spacial score (nSPS) is 11.0. The molecule has 0 saturated carbocycles. The quantitative estimate of drug-likeness (QED) is 0.0791. The molecule has 0 radical (unpaired) electrons. The lowest BCUT2D eigenvalue weighted by Crippen LogP contribution is -2.61. The lowest BCUT2D eigenvalue weighted by molar-refractivity contribution is -0.164. The van der Waals surface area contributed by atoms with Crippen LogP contribution >= 0.6 is 0 Å². The van der Waals surface area contributed by atoms with Crippen LogP contribution in [0.3, 0.4) is 0 Å². The molecule has 6 N–H and O–H groups in total. The van der Waals surface area contributed by atoms with Gasteiger partial charge in [-0.05, 0) is 81.3 Å². The Balaban J connectivity index is 0.000000516. The van der Waals surface area contributed by atoms with E-state index in [1.807, 2.05) is 60.7 Å². The van der Waals surface area contributed by atoms with E-state index in [0.29, 0.717) is 11.1 Å². The Morgan fingerprint density at radius 3 is 1.18 bits per heavy atom. The van der Waals surface area contributed by atoms with Gasteiger partial charge in [0.15, 0.2) is 0 Å². The molecule has 0 fully saturated rings. The maximum absolute atomic E-state index is 12.6. The maximum atomic E-state index is 12.6. The van der Waals surface area contributed by atoms with Crippen molar-refractivity contribution in [2.45, 2.75) is 38.8 Å². The molecule has 4 rings (SSSR count). The fourth-order valence-corrected chi connectivity index (χ4v) is 4.88. The summed E-state index contributed by atoms with van der Waals surface area (Å²) in [6, 6.07) is 33.2. The zero-order valence-electron chi connectivity index (χ0n) is 33.0. The van der Waals surface area contributed by atoms with Gasteiger partial charge in [0.05, 0.1) is 20.3 Å². The van der Waals surface area contributed by atoms with Crippen molar-refractivity contribution >= 4 is 35.6 Å². The predicted octanol–water partition coefficient (Wildman–Crippen LogP) is 3.91. The number of aliphatic hydroxyl groups excluding tert-OH is 1. The van der Waals surface area contributed by atoms with Crippen molar-refractivity contribution in [1.29, 1.82) is 0 Å². The highest BCUT2D eigenvalue weighted by atomic mass is 16.6. The molecule has 0 heterocycles. The molecule has 0 aliphatic carbocycles. The molecule has 1 atom stereocenters. The summed E-state index contributed by atoms with van der Waals surface area (Å²) in [6.45, 7) is 5.97. The second-order valence-electron chi connectivity index (χ2n) is 11.6. The number of nitrogens with two attached hydrogens (primary N) is 1. The summed E-state index contributed by atoms with van der Waals surface area (Å²) in [5.74, 6) is -4.35. The van der Waals surface area contributed by atoms with Gasteiger partial charge < -0.3 is 41.0 Å². The minimum Gasteiger partial charge on any atom is -0.467 e. The molecule has 300 valence electrons. The summed E-state index contributed by atoms with van der Waals surface area (Å²) in [4.78, 5) is 73.5. The lowest BCUT2D eigenvalue weighted by Gasteiger charge is -2.26. The summed E-state index contributed by atoms with van der Waals surface area (Å²) < 4.78 is 14.5. The third-order valence-electron chi connectivity index (χ3n) is 7.88. The smallest absolute Gasteiger partial charge is 0.343 e. The van der Waals surface area contributed by atoms with Gasteiger partial charge in [-0.1, -0.05) is 84.9 Å². The SMILES string of the molecule is CCOC(=O)C(C)(NC(=O)c1ccc(-c2ccccc2)cc1)C(=O)OCC.CN.CNC(=O)C(C)(NC(=O)c1ccc(-c2ccccc2)cc1)C(=O)OC.CO. The Kier molecular flexibility index (Phi) is 20.5. The number of hydrogen-bond acceptors (Lipinski definition) is 11. The first-order valence-electron chi connectivity index (χ1n) is 17.5. The number of aliphatic hydroxyl groups is 1. The molecule has 3 amide bonds. The number of methoxy groups -OCH3 is 1. The molecule has 0 aliphatic rings. The van der Waals surface area contributed by atoms with E-state index in [9.17, 15) is 28.8 Å². The summed E-state index contributed by atoms with van der Waals surface area (Å²) in [6.07, 6.45) is 0. The summed E-state index contributed by atoms with van der Waals surface area (Å²) in [7, 11) is 5.04. The molecule has 0 spiro atoms. The average Bonchev–Trinajstić information content (AvgIpc) is 3.25. The third kappa shape index (κ3) is 12.9. The van der Waals surface area contributed by atoms with Crippen molar-refractivity contribution in [1.82, 2.24) is 16.0 Å². The number of amides is 3. The zero-order chi connectivity index (χ0) is 42.3. The number of carbonyl (C=O) groups excluding carboxylic acids is 6. The van der Waals surface area contributed by atoms with Crippen molar-refractivity contribution in [3.05, 3.63) is 120 Å². The van der Waals surface area contributed by atoms with Gasteiger partial charge in [-0.15, -0.1) is 0 Å².